The third-order valence-corrected chi connectivity index (χ3v) is 3.31. The van der Waals surface area contributed by atoms with Crippen molar-refractivity contribution in [1.82, 2.24) is 20.0 Å². The van der Waals surface area contributed by atoms with Gasteiger partial charge in [-0.2, -0.15) is 15.3 Å². The summed E-state index contributed by atoms with van der Waals surface area (Å²) >= 11 is 0. The third kappa shape index (κ3) is 3.19. The van der Waals surface area contributed by atoms with E-state index in [0.717, 1.165) is 12.1 Å². The van der Waals surface area contributed by atoms with Gasteiger partial charge in [0.25, 0.3) is 0 Å². The van der Waals surface area contributed by atoms with Crippen LogP contribution >= 0.6 is 0 Å². The number of rotatable bonds is 3. The maximum absolute atomic E-state index is 4.32. The molecule has 4 heteroatoms. The predicted octanol–water partition coefficient (Wildman–Crippen LogP) is 2.95. The Hall–Kier alpha value is -1.71. The Morgan fingerprint density at radius 1 is 1.16 bits per heavy atom. The summed E-state index contributed by atoms with van der Waals surface area (Å²) in [5, 5.41) is 12.7. The number of hydrogen-bond acceptors (Lipinski definition) is 3. The predicted molar refractivity (Wildman–Crippen MR) is 76.0 cm³/mol. The monoisotopic (exact) mass is 258 g/mol. The molecule has 0 spiro atoms. The van der Waals surface area contributed by atoms with Crippen molar-refractivity contribution in [3.8, 4) is 0 Å². The van der Waals surface area contributed by atoms with Crippen LogP contribution in [0.25, 0.3) is 0 Å². The lowest BCUT2D eigenvalue weighted by atomic mass is 9.87. The quantitative estimate of drug-likeness (QED) is 0.850. The van der Waals surface area contributed by atoms with Crippen LogP contribution in [0.4, 0.5) is 0 Å². The molecule has 4 nitrogen and oxygen atoms in total. The van der Waals surface area contributed by atoms with Crippen LogP contribution in [-0.4, -0.2) is 20.0 Å². The van der Waals surface area contributed by atoms with Crippen molar-refractivity contribution in [3.05, 3.63) is 42.0 Å². The molecule has 0 saturated heterocycles. The van der Waals surface area contributed by atoms with Crippen LogP contribution in [0.15, 0.2) is 30.7 Å². The number of nitrogens with zero attached hydrogens (tertiary/aromatic N) is 4. The van der Waals surface area contributed by atoms with Crippen molar-refractivity contribution in [1.29, 1.82) is 0 Å². The molecule has 19 heavy (non-hydrogen) atoms. The highest BCUT2D eigenvalue weighted by Crippen LogP contribution is 2.24. The van der Waals surface area contributed by atoms with Gasteiger partial charge in [-0.15, -0.1) is 0 Å². The fourth-order valence-corrected chi connectivity index (χ4v) is 2.06. The summed E-state index contributed by atoms with van der Waals surface area (Å²) in [5.74, 6) is 0. The fraction of sp³-hybridized carbons (Fsp3) is 0.533. The molecule has 0 aliphatic heterocycles. The largest absolute Gasteiger partial charge is 0.267 e. The molecule has 0 aliphatic rings. The molecule has 2 heterocycles. The van der Waals surface area contributed by atoms with E-state index in [0.29, 0.717) is 0 Å². The highest BCUT2D eigenvalue weighted by Gasteiger charge is 2.23. The fourth-order valence-electron chi connectivity index (χ4n) is 2.06. The molecule has 0 aromatic carbocycles. The normalized spacial score (nSPS) is 12.7. The van der Waals surface area contributed by atoms with Crippen LogP contribution in [0.5, 0.6) is 0 Å². The molecule has 2 rings (SSSR count). The van der Waals surface area contributed by atoms with Gasteiger partial charge in [0.15, 0.2) is 0 Å². The lowest BCUT2D eigenvalue weighted by molar-refractivity contribution is 0.313. The van der Waals surface area contributed by atoms with E-state index in [4.69, 9.17) is 0 Å². The van der Waals surface area contributed by atoms with Crippen LogP contribution in [0, 0.1) is 0 Å². The van der Waals surface area contributed by atoms with E-state index in [2.05, 4.69) is 56.0 Å². The lowest BCUT2D eigenvalue weighted by Crippen LogP contribution is -2.30. The summed E-state index contributed by atoms with van der Waals surface area (Å²) in [6, 6.07) is 4.09. The van der Waals surface area contributed by atoms with E-state index in [1.54, 1.807) is 6.20 Å². The van der Waals surface area contributed by atoms with Crippen molar-refractivity contribution in [2.24, 2.45) is 0 Å². The van der Waals surface area contributed by atoms with Crippen LogP contribution in [0.3, 0.4) is 0 Å². The van der Waals surface area contributed by atoms with Gasteiger partial charge in [0.1, 0.15) is 0 Å². The smallest absolute Gasteiger partial charge is 0.0658 e. The van der Waals surface area contributed by atoms with Gasteiger partial charge in [-0.25, -0.2) is 0 Å². The molecule has 0 atom stereocenters. The van der Waals surface area contributed by atoms with Crippen molar-refractivity contribution in [3.63, 3.8) is 0 Å². The Morgan fingerprint density at radius 2 is 1.89 bits per heavy atom. The van der Waals surface area contributed by atoms with Crippen molar-refractivity contribution in [2.45, 2.75) is 52.0 Å². The van der Waals surface area contributed by atoms with E-state index < -0.39 is 0 Å². The van der Waals surface area contributed by atoms with Gasteiger partial charge in [-0.1, -0.05) is 20.8 Å². The molecule has 0 amide bonds. The highest BCUT2D eigenvalue weighted by atomic mass is 15.3. The van der Waals surface area contributed by atoms with Gasteiger partial charge in [0.05, 0.1) is 17.4 Å². The lowest BCUT2D eigenvalue weighted by Gasteiger charge is -2.25. The molecular formula is C15H22N4. The standard InChI is InChI=1S/C15H22N4/c1-14(2,3)12-9-13(18-16-11-12)10-15(4,5)19-8-6-7-17-19/h6-9,11H,10H2,1-5H3. The zero-order valence-corrected chi connectivity index (χ0v) is 12.4. The first-order chi connectivity index (χ1) is 8.79. The summed E-state index contributed by atoms with van der Waals surface area (Å²) in [7, 11) is 0. The summed E-state index contributed by atoms with van der Waals surface area (Å²) in [6.45, 7) is 10.9. The molecule has 0 bridgehead atoms. The molecule has 0 radical (unpaired) electrons. The van der Waals surface area contributed by atoms with Gasteiger partial charge in [-0.05, 0) is 37.0 Å². The van der Waals surface area contributed by atoms with Gasteiger partial charge in [0.2, 0.25) is 0 Å². The molecule has 0 unspecified atom stereocenters. The Kier molecular flexibility index (Phi) is 3.43. The molecule has 0 saturated carbocycles. The van der Waals surface area contributed by atoms with E-state index in [1.807, 2.05) is 23.1 Å². The first-order valence-electron chi connectivity index (χ1n) is 6.61. The van der Waals surface area contributed by atoms with Crippen molar-refractivity contribution in [2.75, 3.05) is 0 Å². The first-order valence-corrected chi connectivity index (χ1v) is 6.61. The highest BCUT2D eigenvalue weighted by molar-refractivity contribution is 5.21. The second-order valence-electron chi connectivity index (χ2n) is 6.63. The first kappa shape index (κ1) is 13.7. The van der Waals surface area contributed by atoms with E-state index in [9.17, 15) is 0 Å². The summed E-state index contributed by atoms with van der Waals surface area (Å²) in [4.78, 5) is 0. The van der Waals surface area contributed by atoms with Crippen molar-refractivity contribution < 1.29 is 0 Å². The maximum Gasteiger partial charge on any atom is 0.0658 e. The van der Waals surface area contributed by atoms with Gasteiger partial charge >= 0.3 is 0 Å². The zero-order chi connectivity index (χ0) is 14.1. The topological polar surface area (TPSA) is 43.6 Å². The second kappa shape index (κ2) is 4.76. The van der Waals surface area contributed by atoms with Crippen LogP contribution in [-0.2, 0) is 17.4 Å². The molecule has 2 aromatic heterocycles. The van der Waals surface area contributed by atoms with E-state index >= 15 is 0 Å². The third-order valence-electron chi connectivity index (χ3n) is 3.31. The number of hydrogen-bond donors (Lipinski definition) is 0. The molecule has 0 N–H and O–H groups in total. The molecule has 102 valence electrons. The van der Waals surface area contributed by atoms with Crippen LogP contribution in [0.1, 0.15) is 45.9 Å². The zero-order valence-electron chi connectivity index (χ0n) is 12.4. The second-order valence-corrected chi connectivity index (χ2v) is 6.63. The average Bonchev–Trinajstić information content (AvgIpc) is 2.81. The Labute approximate surface area is 114 Å². The van der Waals surface area contributed by atoms with Crippen LogP contribution in [0.2, 0.25) is 0 Å². The van der Waals surface area contributed by atoms with Gasteiger partial charge < -0.3 is 0 Å². The Balaban J connectivity index is 2.25. The van der Waals surface area contributed by atoms with Crippen molar-refractivity contribution >= 4 is 0 Å². The summed E-state index contributed by atoms with van der Waals surface area (Å²) < 4.78 is 1.97. The van der Waals surface area contributed by atoms with E-state index in [1.165, 1.54) is 5.56 Å². The minimum absolute atomic E-state index is 0.0978. The Bertz CT molecular complexity index is 536. The summed E-state index contributed by atoms with van der Waals surface area (Å²) in [6.07, 6.45) is 6.45. The van der Waals surface area contributed by atoms with Crippen LogP contribution < -0.4 is 0 Å². The minimum atomic E-state index is -0.102. The van der Waals surface area contributed by atoms with Gasteiger partial charge in [-0.3, -0.25) is 4.68 Å². The van der Waals surface area contributed by atoms with Gasteiger partial charge in [0, 0.05) is 18.8 Å². The number of aromatic nitrogens is 4. The van der Waals surface area contributed by atoms with E-state index in [-0.39, 0.29) is 11.0 Å². The average molecular weight is 258 g/mol. The molecule has 0 aliphatic carbocycles. The molecule has 0 fully saturated rings. The molecule has 2 aromatic rings. The maximum atomic E-state index is 4.32. The molecular weight excluding hydrogens is 236 g/mol. The SMILES string of the molecule is CC(C)(C)c1cnnc(CC(C)(C)n2cccn2)c1. The Morgan fingerprint density at radius 3 is 2.47 bits per heavy atom. The summed E-state index contributed by atoms with van der Waals surface area (Å²) in [5.41, 5.74) is 2.22. The minimum Gasteiger partial charge on any atom is -0.267 e.